The van der Waals surface area contributed by atoms with Gasteiger partial charge in [-0.25, -0.2) is 0 Å². The molecule has 7 nitrogen and oxygen atoms in total. The molecule has 4 aliphatic rings. The molecule has 27 heavy (non-hydrogen) atoms. The molecule has 3 aliphatic heterocycles. The number of nitro benzene ring substituents is 1. The lowest BCUT2D eigenvalue weighted by Gasteiger charge is -2.59. The van der Waals surface area contributed by atoms with Gasteiger partial charge in [0, 0.05) is 29.3 Å². The first kappa shape index (κ1) is 17.0. The number of aliphatic carboxylic acids is 1. The Labute approximate surface area is 157 Å². The van der Waals surface area contributed by atoms with E-state index in [1.807, 2.05) is 0 Å². The Morgan fingerprint density at radius 2 is 2.22 bits per heavy atom. The van der Waals surface area contributed by atoms with Gasteiger partial charge in [0.1, 0.15) is 0 Å². The normalized spacial score (nSPS) is 39.2. The zero-order valence-corrected chi connectivity index (χ0v) is 15.5. The van der Waals surface area contributed by atoms with Crippen LogP contribution in [0, 0.1) is 21.4 Å². The Morgan fingerprint density at radius 1 is 1.41 bits per heavy atom. The molecular weight excluding hydrogens is 346 g/mol. The molecular formula is C20H25N3O4. The van der Waals surface area contributed by atoms with Crippen molar-refractivity contribution in [2.75, 3.05) is 18.4 Å². The molecule has 5 rings (SSSR count). The van der Waals surface area contributed by atoms with Gasteiger partial charge in [-0.15, -0.1) is 0 Å². The molecule has 0 aromatic heterocycles. The van der Waals surface area contributed by atoms with Gasteiger partial charge in [0.25, 0.3) is 5.69 Å². The summed E-state index contributed by atoms with van der Waals surface area (Å²) in [5.41, 5.74) is 1.58. The maximum Gasteiger partial charge on any atom is 0.308 e. The average Bonchev–Trinajstić information content (AvgIpc) is 3.21. The summed E-state index contributed by atoms with van der Waals surface area (Å²) in [6.07, 6.45) is 4.67. The van der Waals surface area contributed by atoms with E-state index in [9.17, 15) is 20.0 Å². The van der Waals surface area contributed by atoms with E-state index in [2.05, 4.69) is 17.1 Å². The van der Waals surface area contributed by atoms with Crippen LogP contribution in [0.5, 0.6) is 0 Å². The fourth-order valence-corrected chi connectivity index (χ4v) is 7.07. The smallest absolute Gasteiger partial charge is 0.308 e. The zero-order valence-electron chi connectivity index (χ0n) is 15.5. The highest BCUT2D eigenvalue weighted by molar-refractivity contribution is 5.77. The first-order chi connectivity index (χ1) is 12.9. The van der Waals surface area contributed by atoms with Crippen molar-refractivity contribution in [2.24, 2.45) is 11.3 Å². The minimum Gasteiger partial charge on any atom is -0.481 e. The number of rotatable bonds is 3. The summed E-state index contributed by atoms with van der Waals surface area (Å²) in [5.74, 6) is -1.21. The van der Waals surface area contributed by atoms with Gasteiger partial charge in [-0.05, 0) is 62.2 Å². The largest absolute Gasteiger partial charge is 0.481 e. The molecule has 0 amide bonds. The number of nitrogens with zero attached hydrogens (tertiary/aromatic N) is 2. The van der Waals surface area contributed by atoms with E-state index in [0.717, 1.165) is 50.0 Å². The van der Waals surface area contributed by atoms with Gasteiger partial charge < -0.3 is 10.4 Å². The van der Waals surface area contributed by atoms with Crippen LogP contribution in [0.15, 0.2) is 18.2 Å². The standard InChI is InChI=1S/C20H25N3O4/c1-2-19-6-3-8-22-9-7-20(18(19)22)14-10-12(23(26)27)4-5-15(14)21-16(20)13(11-19)17(24)25/h4-5,10,13,16,18,21H,2-3,6-9,11H2,1H3,(H,24,25)/t13-,16-,18-,19-,20+/m0/s1. The molecule has 0 unspecified atom stereocenters. The third-order valence-electron chi connectivity index (χ3n) is 8.00. The highest BCUT2D eigenvalue weighted by Crippen LogP contribution is 2.65. The van der Waals surface area contributed by atoms with Crippen LogP contribution in [0.4, 0.5) is 11.4 Å². The fourth-order valence-electron chi connectivity index (χ4n) is 7.07. The number of non-ortho nitro benzene ring substituents is 1. The molecule has 0 radical (unpaired) electrons. The Hall–Kier alpha value is -2.15. The van der Waals surface area contributed by atoms with E-state index >= 15 is 0 Å². The molecule has 1 saturated carbocycles. The van der Waals surface area contributed by atoms with Crippen LogP contribution in [-0.4, -0.2) is 46.1 Å². The molecule has 2 saturated heterocycles. The number of nitrogens with one attached hydrogen (secondary N) is 1. The van der Waals surface area contributed by atoms with Crippen LogP contribution in [-0.2, 0) is 10.2 Å². The number of carbonyl (C=O) groups is 1. The minimum atomic E-state index is -0.746. The van der Waals surface area contributed by atoms with Crippen molar-refractivity contribution in [1.29, 1.82) is 0 Å². The Balaban J connectivity index is 1.75. The van der Waals surface area contributed by atoms with Gasteiger partial charge in [0.05, 0.1) is 16.9 Å². The second-order valence-electron chi connectivity index (χ2n) is 8.81. The Bertz CT molecular complexity index is 843. The number of anilines is 1. The number of hydrogen-bond donors (Lipinski definition) is 2. The van der Waals surface area contributed by atoms with Crippen LogP contribution < -0.4 is 5.32 Å². The molecule has 144 valence electrons. The van der Waals surface area contributed by atoms with Crippen molar-refractivity contribution in [2.45, 2.75) is 56.5 Å². The molecule has 1 spiro atoms. The van der Waals surface area contributed by atoms with E-state index in [-0.39, 0.29) is 33.5 Å². The minimum absolute atomic E-state index is 0.0256. The highest BCUT2D eigenvalue weighted by Gasteiger charge is 2.69. The molecule has 3 fully saturated rings. The maximum atomic E-state index is 12.3. The summed E-state index contributed by atoms with van der Waals surface area (Å²) < 4.78 is 0. The van der Waals surface area contributed by atoms with E-state index in [4.69, 9.17) is 0 Å². The molecule has 7 heteroatoms. The van der Waals surface area contributed by atoms with Gasteiger partial charge in [-0.3, -0.25) is 19.8 Å². The summed E-state index contributed by atoms with van der Waals surface area (Å²) in [7, 11) is 0. The second kappa shape index (κ2) is 5.44. The van der Waals surface area contributed by atoms with E-state index in [0.29, 0.717) is 6.42 Å². The van der Waals surface area contributed by atoms with Gasteiger partial charge >= 0.3 is 5.97 Å². The molecule has 5 atom stereocenters. The van der Waals surface area contributed by atoms with Crippen molar-refractivity contribution in [3.05, 3.63) is 33.9 Å². The number of benzene rings is 1. The third-order valence-corrected chi connectivity index (χ3v) is 8.00. The zero-order chi connectivity index (χ0) is 19.0. The quantitative estimate of drug-likeness (QED) is 0.626. The van der Waals surface area contributed by atoms with Crippen molar-refractivity contribution < 1.29 is 14.8 Å². The van der Waals surface area contributed by atoms with Gasteiger partial charge in [-0.1, -0.05) is 6.92 Å². The average molecular weight is 371 g/mol. The van der Waals surface area contributed by atoms with Crippen molar-refractivity contribution in [3.63, 3.8) is 0 Å². The lowest BCUT2D eigenvalue weighted by molar-refractivity contribution is -0.384. The van der Waals surface area contributed by atoms with Crippen molar-refractivity contribution in [3.8, 4) is 0 Å². The van der Waals surface area contributed by atoms with Crippen molar-refractivity contribution >= 4 is 17.3 Å². The first-order valence-electron chi connectivity index (χ1n) is 9.95. The summed E-state index contributed by atoms with van der Waals surface area (Å²) >= 11 is 0. The van der Waals surface area contributed by atoms with Crippen LogP contribution in [0.25, 0.3) is 0 Å². The molecule has 1 aromatic rings. The topological polar surface area (TPSA) is 95.7 Å². The summed E-state index contributed by atoms with van der Waals surface area (Å²) in [5, 5.41) is 25.0. The lowest BCUT2D eigenvalue weighted by atomic mass is 9.49. The fraction of sp³-hybridized carbons (Fsp3) is 0.650. The number of nitro groups is 1. The predicted molar refractivity (Wildman–Crippen MR) is 99.9 cm³/mol. The summed E-state index contributed by atoms with van der Waals surface area (Å²) in [6.45, 7) is 4.17. The highest BCUT2D eigenvalue weighted by atomic mass is 16.6. The van der Waals surface area contributed by atoms with Crippen LogP contribution >= 0.6 is 0 Å². The lowest BCUT2D eigenvalue weighted by Crippen LogP contribution is -2.67. The Morgan fingerprint density at radius 3 is 2.93 bits per heavy atom. The number of piperidine rings is 1. The number of carboxylic acid groups (broad SMARTS) is 1. The van der Waals surface area contributed by atoms with E-state index in [1.165, 1.54) is 6.07 Å². The second-order valence-corrected chi connectivity index (χ2v) is 8.81. The Kier molecular flexibility index (Phi) is 3.42. The molecule has 2 N–H and O–H groups in total. The van der Waals surface area contributed by atoms with E-state index < -0.39 is 11.9 Å². The van der Waals surface area contributed by atoms with Gasteiger partial charge in [0.2, 0.25) is 0 Å². The van der Waals surface area contributed by atoms with E-state index in [1.54, 1.807) is 12.1 Å². The monoisotopic (exact) mass is 371 g/mol. The summed E-state index contributed by atoms with van der Waals surface area (Å²) in [4.78, 5) is 25.9. The van der Waals surface area contributed by atoms with Crippen molar-refractivity contribution in [1.82, 2.24) is 4.90 Å². The van der Waals surface area contributed by atoms with Crippen LogP contribution in [0.3, 0.4) is 0 Å². The summed E-state index contributed by atoms with van der Waals surface area (Å²) in [6, 6.07) is 5.08. The van der Waals surface area contributed by atoms with Crippen LogP contribution in [0.1, 0.15) is 44.6 Å². The number of fused-ring (bicyclic) bond motifs is 1. The number of carboxylic acids is 1. The molecule has 3 heterocycles. The van der Waals surface area contributed by atoms with Crippen LogP contribution in [0.2, 0.25) is 0 Å². The first-order valence-corrected chi connectivity index (χ1v) is 9.95. The maximum absolute atomic E-state index is 12.3. The van der Waals surface area contributed by atoms with Gasteiger partial charge in [0.15, 0.2) is 0 Å². The third kappa shape index (κ3) is 1.98. The molecule has 0 bridgehead atoms. The predicted octanol–water partition coefficient (Wildman–Crippen LogP) is 3.00. The molecule has 1 aliphatic carbocycles. The number of hydrogen-bond acceptors (Lipinski definition) is 5. The SMILES string of the molecule is CC[C@]12CCCN3CC[C@]4(c5cc([N+](=O)[O-])ccc5N[C@H]4[C@@H](C(=O)O)C1)[C@@H]32. The van der Waals surface area contributed by atoms with Gasteiger partial charge in [-0.2, -0.15) is 0 Å². The molecule has 1 aromatic carbocycles.